The predicted molar refractivity (Wildman–Crippen MR) is 65.5 cm³/mol. The number of hydrogen-bond acceptors (Lipinski definition) is 3. The standard InChI is InChI=1S/C14H10F3NO2/c1-9-6-7-10(8-18-9)13(19)11-4-2-3-5-12(11)20-14(15,16)17/h2-8H,1H3. The third-order valence-electron chi connectivity index (χ3n) is 2.53. The van der Waals surface area contributed by atoms with E-state index in [2.05, 4.69) is 9.72 Å². The van der Waals surface area contributed by atoms with Crippen LogP contribution in [0.25, 0.3) is 0 Å². The summed E-state index contributed by atoms with van der Waals surface area (Å²) in [5.41, 5.74) is 0.755. The van der Waals surface area contributed by atoms with Gasteiger partial charge in [-0.05, 0) is 31.2 Å². The zero-order valence-electron chi connectivity index (χ0n) is 10.4. The first kappa shape index (κ1) is 14.0. The number of pyridine rings is 1. The molecule has 6 heteroatoms. The average Bonchev–Trinajstić information content (AvgIpc) is 2.37. The van der Waals surface area contributed by atoms with Crippen molar-refractivity contribution in [1.82, 2.24) is 4.98 Å². The first-order valence-electron chi connectivity index (χ1n) is 5.69. The lowest BCUT2D eigenvalue weighted by Crippen LogP contribution is -2.19. The van der Waals surface area contributed by atoms with Gasteiger partial charge >= 0.3 is 6.36 Å². The summed E-state index contributed by atoms with van der Waals surface area (Å²) in [5.74, 6) is -1.09. The molecule has 0 fully saturated rings. The fourth-order valence-corrected chi connectivity index (χ4v) is 1.63. The van der Waals surface area contributed by atoms with Gasteiger partial charge in [0.25, 0.3) is 0 Å². The van der Waals surface area contributed by atoms with Crippen molar-refractivity contribution in [3.05, 3.63) is 59.4 Å². The Labute approximate surface area is 113 Å². The SMILES string of the molecule is Cc1ccc(C(=O)c2ccccc2OC(F)(F)F)cn1. The highest BCUT2D eigenvalue weighted by atomic mass is 19.4. The van der Waals surface area contributed by atoms with Crippen LogP contribution in [0.3, 0.4) is 0 Å². The highest BCUT2D eigenvalue weighted by molar-refractivity contribution is 6.10. The summed E-state index contributed by atoms with van der Waals surface area (Å²) < 4.78 is 40.7. The molecule has 0 aliphatic rings. The van der Waals surface area contributed by atoms with Gasteiger partial charge in [0.1, 0.15) is 5.75 Å². The second-order valence-corrected chi connectivity index (χ2v) is 4.06. The van der Waals surface area contributed by atoms with Crippen molar-refractivity contribution in [3.8, 4) is 5.75 Å². The summed E-state index contributed by atoms with van der Waals surface area (Å²) in [4.78, 5) is 16.1. The number of hydrogen-bond donors (Lipinski definition) is 0. The van der Waals surface area contributed by atoms with Crippen LogP contribution in [0.4, 0.5) is 13.2 Å². The van der Waals surface area contributed by atoms with Crippen LogP contribution in [0.1, 0.15) is 21.6 Å². The normalized spacial score (nSPS) is 11.2. The lowest BCUT2D eigenvalue weighted by atomic mass is 10.0. The number of ether oxygens (including phenoxy) is 1. The number of carbonyl (C=O) groups is 1. The topological polar surface area (TPSA) is 39.2 Å². The van der Waals surface area contributed by atoms with Gasteiger partial charge in [-0.2, -0.15) is 0 Å². The van der Waals surface area contributed by atoms with Crippen molar-refractivity contribution in [2.45, 2.75) is 13.3 Å². The molecule has 3 nitrogen and oxygen atoms in total. The lowest BCUT2D eigenvalue weighted by molar-refractivity contribution is -0.274. The second-order valence-electron chi connectivity index (χ2n) is 4.06. The van der Waals surface area contributed by atoms with Gasteiger partial charge < -0.3 is 4.74 Å². The maximum atomic E-state index is 12.3. The summed E-state index contributed by atoms with van der Waals surface area (Å²) in [5, 5.41) is 0. The zero-order chi connectivity index (χ0) is 14.8. The van der Waals surface area contributed by atoms with Crippen molar-refractivity contribution in [2.24, 2.45) is 0 Å². The number of nitrogens with zero attached hydrogens (tertiary/aromatic N) is 1. The van der Waals surface area contributed by atoms with E-state index < -0.39 is 17.9 Å². The molecular formula is C14H10F3NO2. The van der Waals surface area contributed by atoms with E-state index >= 15 is 0 Å². The van der Waals surface area contributed by atoms with Crippen LogP contribution in [-0.4, -0.2) is 17.1 Å². The van der Waals surface area contributed by atoms with E-state index in [1.54, 1.807) is 13.0 Å². The molecule has 1 aromatic carbocycles. The molecule has 0 atom stereocenters. The van der Waals surface area contributed by atoms with Crippen LogP contribution in [-0.2, 0) is 0 Å². The van der Waals surface area contributed by atoms with Crippen LogP contribution >= 0.6 is 0 Å². The first-order valence-corrected chi connectivity index (χ1v) is 5.69. The molecular weight excluding hydrogens is 271 g/mol. The summed E-state index contributed by atoms with van der Waals surface area (Å²) in [6.07, 6.45) is -3.52. The van der Waals surface area contributed by atoms with E-state index in [4.69, 9.17) is 0 Å². The molecule has 2 aromatic rings. The molecule has 104 valence electrons. The molecule has 0 amide bonds. The minimum atomic E-state index is -4.85. The van der Waals surface area contributed by atoms with Crippen molar-refractivity contribution in [3.63, 3.8) is 0 Å². The Morgan fingerprint density at radius 3 is 2.45 bits per heavy atom. The number of benzene rings is 1. The molecule has 0 saturated carbocycles. The molecule has 20 heavy (non-hydrogen) atoms. The number of rotatable bonds is 3. The van der Waals surface area contributed by atoms with Crippen LogP contribution in [0, 0.1) is 6.92 Å². The number of ketones is 1. The van der Waals surface area contributed by atoms with E-state index in [0.717, 1.165) is 6.07 Å². The third-order valence-corrected chi connectivity index (χ3v) is 2.53. The quantitative estimate of drug-likeness (QED) is 0.808. The number of alkyl halides is 3. The average molecular weight is 281 g/mol. The van der Waals surface area contributed by atoms with Crippen molar-refractivity contribution in [1.29, 1.82) is 0 Å². The maximum absolute atomic E-state index is 12.3. The van der Waals surface area contributed by atoms with Crippen molar-refractivity contribution >= 4 is 5.78 Å². The number of aromatic nitrogens is 1. The minimum Gasteiger partial charge on any atom is -0.405 e. The number of carbonyl (C=O) groups excluding carboxylic acids is 1. The summed E-state index contributed by atoms with van der Waals surface area (Å²) in [7, 11) is 0. The second kappa shape index (κ2) is 5.32. The van der Waals surface area contributed by atoms with E-state index in [-0.39, 0.29) is 11.1 Å². The Morgan fingerprint density at radius 1 is 1.15 bits per heavy atom. The smallest absolute Gasteiger partial charge is 0.405 e. The van der Waals surface area contributed by atoms with Crippen molar-refractivity contribution < 1.29 is 22.7 Å². The molecule has 1 heterocycles. The van der Waals surface area contributed by atoms with Gasteiger partial charge in [-0.25, -0.2) is 0 Å². The van der Waals surface area contributed by atoms with E-state index in [0.29, 0.717) is 5.69 Å². The molecule has 0 aliphatic heterocycles. The van der Waals surface area contributed by atoms with Gasteiger partial charge in [0.2, 0.25) is 0 Å². The van der Waals surface area contributed by atoms with E-state index in [1.165, 1.54) is 30.5 Å². The Morgan fingerprint density at radius 2 is 1.85 bits per heavy atom. The predicted octanol–water partition coefficient (Wildman–Crippen LogP) is 3.52. The Hall–Kier alpha value is -2.37. The van der Waals surface area contributed by atoms with Gasteiger partial charge in [0.05, 0.1) is 5.56 Å². The van der Waals surface area contributed by atoms with Gasteiger partial charge in [0.15, 0.2) is 5.78 Å². The Bertz CT molecular complexity index is 621. The molecule has 0 N–H and O–H groups in total. The monoisotopic (exact) mass is 281 g/mol. The van der Waals surface area contributed by atoms with Crippen molar-refractivity contribution in [2.75, 3.05) is 0 Å². The van der Waals surface area contributed by atoms with Gasteiger partial charge in [-0.15, -0.1) is 13.2 Å². The van der Waals surface area contributed by atoms with Crippen LogP contribution in [0.15, 0.2) is 42.6 Å². The lowest BCUT2D eigenvalue weighted by Gasteiger charge is -2.12. The third kappa shape index (κ3) is 3.34. The fraction of sp³-hybridized carbons (Fsp3) is 0.143. The summed E-state index contributed by atoms with van der Waals surface area (Å²) >= 11 is 0. The first-order chi connectivity index (χ1) is 9.37. The van der Waals surface area contributed by atoms with E-state index in [9.17, 15) is 18.0 Å². The van der Waals surface area contributed by atoms with Gasteiger partial charge in [-0.3, -0.25) is 9.78 Å². The zero-order valence-corrected chi connectivity index (χ0v) is 10.4. The highest BCUT2D eigenvalue weighted by Crippen LogP contribution is 2.27. The number of aryl methyl sites for hydroxylation is 1. The number of halogens is 3. The highest BCUT2D eigenvalue weighted by Gasteiger charge is 2.32. The molecule has 0 bridgehead atoms. The summed E-state index contributed by atoms with van der Waals surface area (Å²) in [6, 6.07) is 8.34. The fourth-order valence-electron chi connectivity index (χ4n) is 1.63. The minimum absolute atomic E-state index is 0.157. The van der Waals surface area contributed by atoms with Crippen LogP contribution in [0.5, 0.6) is 5.75 Å². The largest absolute Gasteiger partial charge is 0.573 e. The Kier molecular flexibility index (Phi) is 3.74. The molecule has 0 radical (unpaired) electrons. The maximum Gasteiger partial charge on any atom is 0.573 e. The molecule has 0 unspecified atom stereocenters. The molecule has 0 saturated heterocycles. The van der Waals surface area contributed by atoms with Gasteiger partial charge in [0, 0.05) is 17.5 Å². The van der Waals surface area contributed by atoms with E-state index in [1.807, 2.05) is 0 Å². The van der Waals surface area contributed by atoms with Crippen LogP contribution < -0.4 is 4.74 Å². The Balaban J connectivity index is 2.37. The molecule has 1 aromatic heterocycles. The van der Waals surface area contributed by atoms with Crippen LogP contribution in [0.2, 0.25) is 0 Å². The number of para-hydroxylation sites is 1. The summed E-state index contributed by atoms with van der Waals surface area (Å²) in [6.45, 7) is 1.75. The molecule has 0 spiro atoms. The molecule has 0 aliphatic carbocycles. The van der Waals surface area contributed by atoms with Gasteiger partial charge in [-0.1, -0.05) is 12.1 Å². The molecule has 2 rings (SSSR count).